The summed E-state index contributed by atoms with van der Waals surface area (Å²) in [4.78, 5) is 4.31. The number of nitrogens with one attached hydrogen (secondary N) is 1. The van der Waals surface area contributed by atoms with E-state index in [9.17, 15) is 5.11 Å². The predicted molar refractivity (Wildman–Crippen MR) is 65.6 cm³/mol. The summed E-state index contributed by atoms with van der Waals surface area (Å²) in [7, 11) is 0. The number of nitrogens with zero attached hydrogens (tertiary/aromatic N) is 1. The van der Waals surface area contributed by atoms with E-state index in [4.69, 9.17) is 0 Å². The number of fused-ring (bicyclic) bond motifs is 1. The second-order valence-electron chi connectivity index (χ2n) is 4.22. The quantitative estimate of drug-likeness (QED) is 0.794. The molecule has 0 amide bonds. The zero-order chi connectivity index (χ0) is 11.0. The largest absolute Gasteiger partial charge is 0.391 e. The van der Waals surface area contributed by atoms with Gasteiger partial charge in [-0.3, -0.25) is 0 Å². The summed E-state index contributed by atoms with van der Waals surface area (Å²) in [5, 5.41) is 13.3. The van der Waals surface area contributed by atoms with Crippen LogP contribution in [0.5, 0.6) is 0 Å². The Morgan fingerprint density at radius 1 is 1.44 bits per heavy atom. The average molecular weight is 234 g/mol. The van der Waals surface area contributed by atoms with Crippen LogP contribution in [0.25, 0.3) is 10.2 Å². The van der Waals surface area contributed by atoms with Crippen LogP contribution in [0.3, 0.4) is 0 Å². The van der Waals surface area contributed by atoms with Gasteiger partial charge in [-0.25, -0.2) is 4.98 Å². The van der Waals surface area contributed by atoms with E-state index in [2.05, 4.69) is 28.5 Å². The van der Waals surface area contributed by atoms with Gasteiger partial charge in [-0.05, 0) is 37.1 Å². The van der Waals surface area contributed by atoms with Gasteiger partial charge in [-0.1, -0.05) is 6.07 Å². The lowest BCUT2D eigenvalue weighted by molar-refractivity contribution is 0.0966. The molecule has 84 valence electrons. The molecule has 0 radical (unpaired) electrons. The Labute approximate surface area is 98.1 Å². The van der Waals surface area contributed by atoms with Crippen molar-refractivity contribution in [1.82, 2.24) is 10.3 Å². The first kappa shape index (κ1) is 10.2. The van der Waals surface area contributed by atoms with Crippen LogP contribution in [-0.2, 0) is 0 Å². The van der Waals surface area contributed by atoms with E-state index in [1.165, 1.54) is 4.70 Å². The number of thiazole rings is 1. The fourth-order valence-corrected chi connectivity index (χ4v) is 2.94. The van der Waals surface area contributed by atoms with Crippen molar-refractivity contribution in [1.29, 1.82) is 0 Å². The van der Waals surface area contributed by atoms with Gasteiger partial charge < -0.3 is 10.4 Å². The maximum absolute atomic E-state index is 9.96. The molecule has 1 aromatic heterocycles. The zero-order valence-corrected chi connectivity index (χ0v) is 9.70. The summed E-state index contributed by atoms with van der Waals surface area (Å²) < 4.78 is 1.20. The van der Waals surface area contributed by atoms with Crippen LogP contribution in [-0.4, -0.2) is 22.7 Å². The molecule has 0 spiro atoms. The van der Waals surface area contributed by atoms with Gasteiger partial charge in [0.1, 0.15) is 0 Å². The minimum atomic E-state index is -0.273. The van der Waals surface area contributed by atoms with Crippen LogP contribution < -0.4 is 5.32 Å². The number of benzene rings is 1. The third kappa shape index (κ3) is 1.73. The van der Waals surface area contributed by atoms with Crippen LogP contribution in [0.2, 0.25) is 0 Å². The van der Waals surface area contributed by atoms with Crippen molar-refractivity contribution in [2.24, 2.45) is 0 Å². The van der Waals surface area contributed by atoms with E-state index in [1.807, 2.05) is 5.51 Å². The number of hydrogen-bond donors (Lipinski definition) is 2. The molecule has 1 aromatic carbocycles. The highest BCUT2D eigenvalue weighted by Crippen LogP contribution is 2.27. The summed E-state index contributed by atoms with van der Waals surface area (Å²) in [6.45, 7) is 0.983. The van der Waals surface area contributed by atoms with Gasteiger partial charge >= 0.3 is 0 Å². The highest BCUT2D eigenvalue weighted by molar-refractivity contribution is 7.16. The number of aliphatic hydroxyl groups is 1. The molecule has 1 saturated heterocycles. The van der Waals surface area contributed by atoms with Crippen molar-refractivity contribution >= 4 is 21.6 Å². The van der Waals surface area contributed by atoms with E-state index >= 15 is 0 Å². The van der Waals surface area contributed by atoms with Crippen LogP contribution >= 0.6 is 11.3 Å². The van der Waals surface area contributed by atoms with Crippen molar-refractivity contribution in [3.8, 4) is 0 Å². The first-order chi connectivity index (χ1) is 7.84. The Kier molecular flexibility index (Phi) is 2.63. The van der Waals surface area contributed by atoms with E-state index in [-0.39, 0.29) is 12.1 Å². The summed E-state index contributed by atoms with van der Waals surface area (Å²) in [6, 6.07) is 6.33. The Hall–Kier alpha value is -0.970. The third-order valence-corrected chi connectivity index (χ3v) is 3.95. The van der Waals surface area contributed by atoms with Crippen molar-refractivity contribution < 1.29 is 5.11 Å². The van der Waals surface area contributed by atoms with Crippen LogP contribution in [0, 0.1) is 0 Å². The van der Waals surface area contributed by atoms with E-state index in [1.54, 1.807) is 11.3 Å². The lowest BCUT2D eigenvalue weighted by Crippen LogP contribution is -2.37. The minimum absolute atomic E-state index is 0.0693. The Morgan fingerprint density at radius 2 is 2.38 bits per heavy atom. The van der Waals surface area contributed by atoms with Gasteiger partial charge in [0.2, 0.25) is 0 Å². The van der Waals surface area contributed by atoms with E-state index in [0.29, 0.717) is 0 Å². The van der Waals surface area contributed by atoms with Gasteiger partial charge in [-0.2, -0.15) is 0 Å². The lowest BCUT2D eigenvalue weighted by atomic mass is 9.94. The monoisotopic (exact) mass is 234 g/mol. The van der Waals surface area contributed by atoms with Crippen LogP contribution in [0.1, 0.15) is 24.4 Å². The molecule has 1 aliphatic heterocycles. The van der Waals surface area contributed by atoms with Gasteiger partial charge in [0.15, 0.2) is 0 Å². The van der Waals surface area contributed by atoms with Gasteiger partial charge in [0.05, 0.1) is 27.9 Å². The van der Waals surface area contributed by atoms with Crippen LogP contribution in [0.15, 0.2) is 23.7 Å². The van der Waals surface area contributed by atoms with E-state index < -0.39 is 0 Å². The zero-order valence-electron chi connectivity index (χ0n) is 8.89. The number of piperidine rings is 1. The van der Waals surface area contributed by atoms with Crippen molar-refractivity contribution in [3.05, 3.63) is 29.3 Å². The molecular weight excluding hydrogens is 220 g/mol. The number of rotatable bonds is 1. The van der Waals surface area contributed by atoms with Gasteiger partial charge in [0, 0.05) is 0 Å². The molecule has 0 saturated carbocycles. The van der Waals surface area contributed by atoms with Crippen molar-refractivity contribution in [2.75, 3.05) is 6.54 Å². The third-order valence-electron chi connectivity index (χ3n) is 3.14. The van der Waals surface area contributed by atoms with E-state index in [0.717, 1.165) is 30.5 Å². The number of aliphatic hydroxyl groups excluding tert-OH is 1. The second-order valence-corrected chi connectivity index (χ2v) is 5.11. The fourth-order valence-electron chi connectivity index (χ4n) is 2.28. The molecule has 2 aromatic rings. The Bertz CT molecular complexity index is 496. The van der Waals surface area contributed by atoms with Gasteiger partial charge in [-0.15, -0.1) is 11.3 Å². The molecule has 4 heteroatoms. The summed E-state index contributed by atoms with van der Waals surface area (Å²) >= 11 is 1.65. The minimum Gasteiger partial charge on any atom is -0.391 e. The molecule has 1 aliphatic rings. The molecule has 0 bridgehead atoms. The summed E-state index contributed by atoms with van der Waals surface area (Å²) in [5.74, 6) is 0. The number of aromatic nitrogens is 1. The molecule has 2 atom stereocenters. The second kappa shape index (κ2) is 4.13. The fraction of sp³-hybridized carbons (Fsp3) is 0.417. The molecular formula is C12H14N2OS. The smallest absolute Gasteiger partial charge is 0.0815 e. The molecule has 0 aliphatic carbocycles. The van der Waals surface area contributed by atoms with Crippen molar-refractivity contribution in [2.45, 2.75) is 25.0 Å². The average Bonchev–Trinajstić information content (AvgIpc) is 2.76. The maximum atomic E-state index is 9.96. The molecule has 2 N–H and O–H groups in total. The maximum Gasteiger partial charge on any atom is 0.0815 e. The first-order valence-electron chi connectivity index (χ1n) is 5.59. The Morgan fingerprint density at radius 3 is 3.25 bits per heavy atom. The van der Waals surface area contributed by atoms with Crippen molar-refractivity contribution in [3.63, 3.8) is 0 Å². The topological polar surface area (TPSA) is 45.1 Å². The van der Waals surface area contributed by atoms with Gasteiger partial charge in [0.25, 0.3) is 0 Å². The molecule has 2 unspecified atom stereocenters. The first-order valence-corrected chi connectivity index (χ1v) is 6.47. The molecule has 3 nitrogen and oxygen atoms in total. The summed E-state index contributed by atoms with van der Waals surface area (Å²) in [5.41, 5.74) is 4.03. The van der Waals surface area contributed by atoms with Crippen LogP contribution in [0.4, 0.5) is 0 Å². The normalized spacial score (nSPS) is 26.1. The Balaban J connectivity index is 1.97. The lowest BCUT2D eigenvalue weighted by Gasteiger charge is -2.29. The molecule has 3 rings (SSSR count). The highest BCUT2D eigenvalue weighted by atomic mass is 32.1. The highest BCUT2D eigenvalue weighted by Gasteiger charge is 2.24. The summed E-state index contributed by atoms with van der Waals surface area (Å²) in [6.07, 6.45) is 1.66. The SMILES string of the molecule is OC1CCCNC1c1ccc2scnc2c1. The molecule has 16 heavy (non-hydrogen) atoms. The number of hydrogen-bond acceptors (Lipinski definition) is 4. The predicted octanol–water partition coefficient (Wildman–Crippen LogP) is 2.08. The molecule has 1 fully saturated rings. The standard InChI is InChI=1S/C12H14N2OS/c15-10-2-1-5-13-12(10)8-3-4-11-9(6-8)14-7-16-11/h3-4,6-7,10,12-13,15H,1-2,5H2. The molecule has 2 heterocycles.